The second-order valence-corrected chi connectivity index (χ2v) is 5.79. The quantitative estimate of drug-likeness (QED) is 0.383. The first-order valence-electron chi connectivity index (χ1n) is 8.49. The van der Waals surface area contributed by atoms with Gasteiger partial charge in [-0.25, -0.2) is 4.79 Å². The molecule has 3 rings (SSSR count). The number of rotatable bonds is 7. The van der Waals surface area contributed by atoms with Crippen molar-refractivity contribution in [2.45, 2.75) is 6.61 Å². The summed E-state index contributed by atoms with van der Waals surface area (Å²) in [5.74, 6) is 0.385. The molecule has 27 heavy (non-hydrogen) atoms. The Morgan fingerprint density at radius 1 is 1.00 bits per heavy atom. The lowest BCUT2D eigenvalue weighted by molar-refractivity contribution is 0.0600. The molecule has 0 heterocycles. The van der Waals surface area contributed by atoms with Gasteiger partial charge in [0.2, 0.25) is 0 Å². The molecule has 0 aliphatic rings. The summed E-state index contributed by atoms with van der Waals surface area (Å²) in [6, 6.07) is 24.6. The zero-order valence-electron chi connectivity index (χ0n) is 15.0. The lowest BCUT2D eigenvalue weighted by atomic mass is 10.1. The van der Waals surface area contributed by atoms with Crippen molar-refractivity contribution < 1.29 is 14.3 Å². The number of methoxy groups -OCH3 is 1. The summed E-state index contributed by atoms with van der Waals surface area (Å²) >= 11 is 0. The molecule has 136 valence electrons. The van der Waals surface area contributed by atoms with Crippen LogP contribution in [0.5, 0.6) is 5.75 Å². The van der Waals surface area contributed by atoms with E-state index in [0.29, 0.717) is 12.2 Å². The maximum atomic E-state index is 11.6. The van der Waals surface area contributed by atoms with Crippen molar-refractivity contribution in [3.8, 4) is 5.75 Å². The summed E-state index contributed by atoms with van der Waals surface area (Å²) in [6.07, 6.45) is 1.75. The standard InChI is InChI=1S/C22H20N2O3/c1-26-22(25)19-7-5-6-18(14-19)16-27-21-12-10-17(11-13-21)15-23-24-20-8-3-2-4-9-20/h2-15,24H,16H2,1H3. The average molecular weight is 360 g/mol. The van der Waals surface area contributed by atoms with Crippen molar-refractivity contribution in [3.63, 3.8) is 0 Å². The van der Waals surface area contributed by atoms with Crippen LogP contribution in [0, 0.1) is 0 Å². The first kappa shape index (κ1) is 18.2. The molecule has 5 nitrogen and oxygen atoms in total. The molecular formula is C22H20N2O3. The number of carbonyl (C=O) groups is 1. The summed E-state index contributed by atoms with van der Waals surface area (Å²) in [4.78, 5) is 11.6. The Morgan fingerprint density at radius 2 is 1.78 bits per heavy atom. The van der Waals surface area contributed by atoms with Crippen molar-refractivity contribution in [3.05, 3.63) is 95.6 Å². The fraction of sp³-hybridized carbons (Fsp3) is 0.0909. The highest BCUT2D eigenvalue weighted by atomic mass is 16.5. The van der Waals surface area contributed by atoms with Gasteiger partial charge in [-0.05, 0) is 59.7 Å². The van der Waals surface area contributed by atoms with E-state index in [0.717, 1.165) is 22.6 Å². The molecule has 0 saturated carbocycles. The molecule has 0 aromatic heterocycles. The van der Waals surface area contributed by atoms with Crippen LogP contribution in [0.3, 0.4) is 0 Å². The zero-order chi connectivity index (χ0) is 18.9. The number of hydrogen-bond acceptors (Lipinski definition) is 5. The summed E-state index contributed by atoms with van der Waals surface area (Å²) < 4.78 is 10.5. The fourth-order valence-electron chi connectivity index (χ4n) is 2.42. The highest BCUT2D eigenvalue weighted by molar-refractivity contribution is 5.89. The van der Waals surface area contributed by atoms with Gasteiger partial charge < -0.3 is 9.47 Å². The molecular weight excluding hydrogens is 340 g/mol. The molecule has 0 fully saturated rings. The third kappa shape index (κ3) is 5.44. The predicted molar refractivity (Wildman–Crippen MR) is 106 cm³/mol. The molecule has 0 atom stereocenters. The smallest absolute Gasteiger partial charge is 0.337 e. The van der Waals surface area contributed by atoms with Crippen LogP contribution in [-0.4, -0.2) is 19.3 Å². The summed E-state index contributed by atoms with van der Waals surface area (Å²) in [5.41, 5.74) is 6.27. The van der Waals surface area contributed by atoms with Crippen LogP contribution in [0.1, 0.15) is 21.5 Å². The highest BCUT2D eigenvalue weighted by Crippen LogP contribution is 2.15. The average Bonchev–Trinajstić information content (AvgIpc) is 2.73. The van der Waals surface area contributed by atoms with Crippen molar-refractivity contribution >= 4 is 17.9 Å². The number of carbonyl (C=O) groups excluding carboxylic acids is 1. The molecule has 0 unspecified atom stereocenters. The van der Waals surface area contributed by atoms with Gasteiger partial charge in [0.25, 0.3) is 0 Å². The van der Waals surface area contributed by atoms with Crippen LogP contribution in [0.2, 0.25) is 0 Å². The van der Waals surface area contributed by atoms with Gasteiger partial charge >= 0.3 is 5.97 Å². The first-order valence-corrected chi connectivity index (χ1v) is 8.49. The normalized spacial score (nSPS) is 10.6. The van der Waals surface area contributed by atoms with Gasteiger partial charge in [0.15, 0.2) is 0 Å². The maximum Gasteiger partial charge on any atom is 0.337 e. The van der Waals surface area contributed by atoms with Crippen LogP contribution >= 0.6 is 0 Å². The summed E-state index contributed by atoms with van der Waals surface area (Å²) in [5, 5.41) is 4.21. The number of anilines is 1. The Bertz CT molecular complexity index is 906. The van der Waals surface area contributed by atoms with E-state index in [9.17, 15) is 4.79 Å². The van der Waals surface area contributed by atoms with E-state index in [1.807, 2.05) is 66.7 Å². The van der Waals surface area contributed by atoms with Crippen LogP contribution in [0.25, 0.3) is 0 Å². The molecule has 0 aliphatic heterocycles. The van der Waals surface area contributed by atoms with Crippen molar-refractivity contribution in [1.29, 1.82) is 0 Å². The third-order valence-corrected chi connectivity index (χ3v) is 3.81. The summed E-state index contributed by atoms with van der Waals surface area (Å²) in [6.45, 7) is 0.369. The Balaban J connectivity index is 1.54. The number of benzene rings is 3. The van der Waals surface area contributed by atoms with E-state index in [1.165, 1.54) is 7.11 Å². The van der Waals surface area contributed by atoms with Crippen LogP contribution in [0.4, 0.5) is 5.69 Å². The number of para-hydroxylation sites is 1. The third-order valence-electron chi connectivity index (χ3n) is 3.81. The number of hydrogen-bond donors (Lipinski definition) is 1. The lowest BCUT2D eigenvalue weighted by Crippen LogP contribution is -2.03. The van der Waals surface area contributed by atoms with Gasteiger partial charge in [0, 0.05) is 0 Å². The van der Waals surface area contributed by atoms with E-state index in [2.05, 4.69) is 10.5 Å². The Morgan fingerprint density at radius 3 is 2.52 bits per heavy atom. The van der Waals surface area contributed by atoms with Gasteiger partial charge in [-0.1, -0.05) is 30.3 Å². The van der Waals surface area contributed by atoms with E-state index in [-0.39, 0.29) is 5.97 Å². The minimum Gasteiger partial charge on any atom is -0.489 e. The molecule has 5 heteroatoms. The second kappa shape index (κ2) is 9.20. The van der Waals surface area contributed by atoms with Gasteiger partial charge in [-0.2, -0.15) is 5.10 Å². The number of nitrogens with one attached hydrogen (secondary N) is 1. The molecule has 3 aromatic rings. The summed E-state index contributed by atoms with van der Waals surface area (Å²) in [7, 11) is 1.37. The minimum atomic E-state index is -0.357. The molecule has 0 bridgehead atoms. The largest absolute Gasteiger partial charge is 0.489 e. The fourth-order valence-corrected chi connectivity index (χ4v) is 2.42. The first-order chi connectivity index (χ1) is 13.2. The van der Waals surface area contributed by atoms with Crippen molar-refractivity contribution in [1.82, 2.24) is 0 Å². The predicted octanol–water partition coefficient (Wildman–Crippen LogP) is 4.50. The highest BCUT2D eigenvalue weighted by Gasteiger charge is 2.05. The van der Waals surface area contributed by atoms with Crippen LogP contribution < -0.4 is 10.2 Å². The molecule has 0 amide bonds. The topological polar surface area (TPSA) is 59.9 Å². The van der Waals surface area contributed by atoms with Gasteiger partial charge in [0.1, 0.15) is 12.4 Å². The molecule has 0 aliphatic carbocycles. The molecule has 1 N–H and O–H groups in total. The van der Waals surface area contributed by atoms with Crippen LogP contribution in [-0.2, 0) is 11.3 Å². The minimum absolute atomic E-state index is 0.357. The van der Waals surface area contributed by atoms with E-state index in [4.69, 9.17) is 9.47 Å². The number of ether oxygens (including phenoxy) is 2. The monoisotopic (exact) mass is 360 g/mol. The maximum absolute atomic E-state index is 11.6. The number of nitrogens with zero attached hydrogens (tertiary/aromatic N) is 1. The van der Waals surface area contributed by atoms with E-state index in [1.54, 1.807) is 18.3 Å². The van der Waals surface area contributed by atoms with Crippen molar-refractivity contribution in [2.24, 2.45) is 5.10 Å². The molecule has 0 saturated heterocycles. The Hall–Kier alpha value is -3.60. The molecule has 3 aromatic carbocycles. The number of esters is 1. The SMILES string of the molecule is COC(=O)c1cccc(COc2ccc(C=NNc3ccccc3)cc2)c1. The Kier molecular flexibility index (Phi) is 6.20. The number of hydrazone groups is 1. The van der Waals surface area contributed by atoms with E-state index < -0.39 is 0 Å². The van der Waals surface area contributed by atoms with E-state index >= 15 is 0 Å². The van der Waals surface area contributed by atoms with Gasteiger partial charge in [-0.15, -0.1) is 0 Å². The molecule has 0 spiro atoms. The molecule has 0 radical (unpaired) electrons. The van der Waals surface area contributed by atoms with Crippen LogP contribution in [0.15, 0.2) is 84.0 Å². The zero-order valence-corrected chi connectivity index (χ0v) is 15.0. The van der Waals surface area contributed by atoms with Gasteiger partial charge in [0.05, 0.1) is 24.6 Å². The Labute approximate surface area is 158 Å². The lowest BCUT2D eigenvalue weighted by Gasteiger charge is -2.08. The van der Waals surface area contributed by atoms with Gasteiger partial charge in [-0.3, -0.25) is 5.43 Å². The second-order valence-electron chi connectivity index (χ2n) is 5.79. The van der Waals surface area contributed by atoms with Crippen molar-refractivity contribution in [2.75, 3.05) is 12.5 Å².